The fraction of sp³-hybridized carbons (Fsp3) is 0.526. The second-order valence-electron chi connectivity index (χ2n) is 7.09. The fourth-order valence-electron chi connectivity index (χ4n) is 4.86. The zero-order valence-corrected chi connectivity index (χ0v) is 17.1. The van der Waals surface area contributed by atoms with Crippen LogP contribution in [0.2, 0.25) is 5.02 Å². The molecule has 2 fully saturated rings. The molecule has 3 nitrogen and oxygen atoms in total. The molecule has 2 saturated heterocycles. The van der Waals surface area contributed by atoms with Crippen LogP contribution in [0.5, 0.6) is 0 Å². The Morgan fingerprint density at radius 1 is 1.38 bits per heavy atom. The molecule has 5 heteroatoms. The Balaban J connectivity index is 2.03. The van der Waals surface area contributed by atoms with Crippen molar-refractivity contribution in [1.29, 1.82) is 0 Å². The van der Waals surface area contributed by atoms with E-state index < -0.39 is 0 Å². The van der Waals surface area contributed by atoms with Crippen molar-refractivity contribution in [1.82, 2.24) is 0 Å². The minimum Gasteiger partial charge on any atom is -0.469 e. The third kappa shape index (κ3) is 2.80. The van der Waals surface area contributed by atoms with Crippen LogP contribution in [0, 0.1) is 5.92 Å². The van der Waals surface area contributed by atoms with Crippen molar-refractivity contribution < 1.29 is 14.0 Å². The van der Waals surface area contributed by atoms with Gasteiger partial charge in [0.2, 0.25) is 0 Å². The van der Waals surface area contributed by atoms with E-state index in [9.17, 15) is 4.79 Å². The highest BCUT2D eigenvalue weighted by Gasteiger charge is 2.60. The largest absolute Gasteiger partial charge is 0.469 e. The molecule has 2 aliphatic rings. The van der Waals surface area contributed by atoms with Gasteiger partial charge in [0.1, 0.15) is 17.7 Å². The first-order valence-electron chi connectivity index (χ1n) is 8.37. The number of quaternary nitrogens is 1. The highest BCUT2D eigenvalue weighted by Crippen LogP contribution is 2.52. The maximum Gasteiger partial charge on any atom is 0.315 e. The molecule has 0 radical (unpaired) electrons. The van der Waals surface area contributed by atoms with E-state index in [1.807, 2.05) is 12.1 Å². The Morgan fingerprint density at radius 3 is 2.62 bits per heavy atom. The van der Waals surface area contributed by atoms with Gasteiger partial charge >= 0.3 is 5.97 Å². The third-order valence-electron chi connectivity index (χ3n) is 6.22. The van der Waals surface area contributed by atoms with Crippen molar-refractivity contribution in [3.63, 3.8) is 0 Å². The minimum atomic E-state index is -0.125. The molecule has 0 saturated carbocycles. The Bertz CT molecular complexity index is 647. The predicted octanol–water partition coefficient (Wildman–Crippen LogP) is 4.54. The van der Waals surface area contributed by atoms with Gasteiger partial charge in [-0.1, -0.05) is 46.3 Å². The Hall–Kier alpha value is -0.590. The molecule has 1 aromatic carbocycles. The zero-order valence-electron chi connectivity index (χ0n) is 14.2. The van der Waals surface area contributed by atoms with E-state index >= 15 is 0 Å². The number of hydrogen-bond acceptors (Lipinski definition) is 2. The Morgan fingerprint density at radius 2 is 2.04 bits per heavy atom. The van der Waals surface area contributed by atoms with Gasteiger partial charge in [-0.25, -0.2) is 0 Å². The number of hydrogen-bond donors (Lipinski definition) is 0. The quantitative estimate of drug-likeness (QED) is 0.285. The molecule has 0 aliphatic carbocycles. The molecule has 0 N–H and O–H groups in total. The number of allylic oxidation sites excluding steroid dienone is 1. The van der Waals surface area contributed by atoms with Crippen molar-refractivity contribution in [2.45, 2.75) is 37.3 Å². The molecule has 0 spiro atoms. The topological polar surface area (TPSA) is 26.3 Å². The van der Waals surface area contributed by atoms with Crippen LogP contribution in [-0.2, 0) is 9.53 Å². The summed E-state index contributed by atoms with van der Waals surface area (Å²) in [6.07, 6.45) is 3.19. The van der Waals surface area contributed by atoms with Crippen LogP contribution < -0.4 is 0 Å². The Labute approximate surface area is 162 Å². The lowest BCUT2D eigenvalue weighted by molar-refractivity contribution is -0.916. The number of rotatable bonds is 4. The number of carbonyl (C=O) groups is 1. The number of piperidine rings is 1. The van der Waals surface area contributed by atoms with E-state index in [0.717, 1.165) is 33.2 Å². The first kappa shape index (κ1) is 18.2. The van der Waals surface area contributed by atoms with Crippen LogP contribution >= 0.6 is 34.2 Å². The number of benzene rings is 1. The number of halogens is 2. The van der Waals surface area contributed by atoms with E-state index in [1.54, 1.807) is 0 Å². The summed E-state index contributed by atoms with van der Waals surface area (Å²) in [6, 6.07) is 8.73. The van der Waals surface area contributed by atoms with E-state index in [4.69, 9.17) is 16.3 Å². The molecule has 3 rings (SSSR count). The summed E-state index contributed by atoms with van der Waals surface area (Å²) in [5.74, 6) is -0.0223. The maximum absolute atomic E-state index is 12.7. The van der Waals surface area contributed by atoms with E-state index in [-0.39, 0.29) is 23.8 Å². The summed E-state index contributed by atoms with van der Waals surface area (Å²) in [4.78, 5) is 12.7. The molecular weight excluding hydrogens is 437 g/mol. The smallest absolute Gasteiger partial charge is 0.315 e. The molecule has 1 aromatic rings. The maximum atomic E-state index is 12.7. The van der Waals surface area contributed by atoms with E-state index in [2.05, 4.69) is 48.4 Å². The molecule has 2 bridgehead atoms. The normalized spacial score (nSPS) is 34.8. The average molecular weight is 461 g/mol. The van der Waals surface area contributed by atoms with Gasteiger partial charge in [0, 0.05) is 30.2 Å². The number of ether oxygens (including phenoxy) is 1. The van der Waals surface area contributed by atoms with Gasteiger partial charge in [-0.3, -0.25) is 9.28 Å². The number of esters is 1. The van der Waals surface area contributed by atoms with Crippen molar-refractivity contribution in [2.24, 2.45) is 5.92 Å². The molecule has 24 heavy (non-hydrogen) atoms. The standard InChI is InChI=1S/C19H24ClINO2/c1-12(11-21)22(2)15-8-9-17(22)18(19(23)24-3)16(10-15)13-4-6-14(20)7-5-13/h4-7,15-18H,1,8-11H2,2-3H3/q+1/t15?,16-,17?,18+,22?/m1/s1. The number of methoxy groups -OCH3 is 1. The molecule has 3 unspecified atom stereocenters. The summed E-state index contributed by atoms with van der Waals surface area (Å²) < 4.78 is 6.96. The first-order valence-corrected chi connectivity index (χ1v) is 10.3. The molecule has 0 amide bonds. The molecule has 5 atom stereocenters. The minimum absolute atomic E-state index is 0.0918. The van der Waals surface area contributed by atoms with Crippen molar-refractivity contribution in [3.8, 4) is 0 Å². The second kappa shape index (κ2) is 6.96. The van der Waals surface area contributed by atoms with Crippen LogP contribution in [0.1, 0.15) is 30.7 Å². The van der Waals surface area contributed by atoms with Crippen LogP contribution in [-0.4, -0.2) is 41.1 Å². The summed E-state index contributed by atoms with van der Waals surface area (Å²) in [5, 5.41) is 0.728. The molecule has 2 aliphatic heterocycles. The van der Waals surface area contributed by atoms with Crippen LogP contribution in [0.3, 0.4) is 0 Å². The lowest BCUT2D eigenvalue weighted by Crippen LogP contribution is -2.61. The van der Waals surface area contributed by atoms with Crippen molar-refractivity contribution >= 4 is 40.2 Å². The van der Waals surface area contributed by atoms with Gasteiger partial charge in [0.15, 0.2) is 0 Å². The molecule has 130 valence electrons. The molecule has 2 heterocycles. The van der Waals surface area contributed by atoms with E-state index in [0.29, 0.717) is 6.04 Å². The van der Waals surface area contributed by atoms with Crippen LogP contribution in [0.15, 0.2) is 36.5 Å². The number of nitrogens with zero attached hydrogens (tertiary/aromatic N) is 1. The summed E-state index contributed by atoms with van der Waals surface area (Å²) in [5.41, 5.74) is 2.41. The third-order valence-corrected chi connectivity index (χ3v) is 7.36. The monoisotopic (exact) mass is 460 g/mol. The van der Waals surface area contributed by atoms with Crippen LogP contribution in [0.4, 0.5) is 0 Å². The SMILES string of the molecule is C=C(CI)[N+]1(C)C2CCC1[C@@H](C(=O)OC)[C@@H](c1ccc(Cl)cc1)C2. The number of alkyl halides is 1. The summed E-state index contributed by atoms with van der Waals surface area (Å²) >= 11 is 8.43. The highest BCUT2D eigenvalue weighted by molar-refractivity contribution is 14.1. The van der Waals surface area contributed by atoms with Crippen molar-refractivity contribution in [3.05, 3.63) is 47.1 Å². The van der Waals surface area contributed by atoms with Crippen LogP contribution in [0.25, 0.3) is 0 Å². The van der Waals surface area contributed by atoms with Gasteiger partial charge in [-0.05, 0) is 24.3 Å². The van der Waals surface area contributed by atoms with Gasteiger partial charge in [-0.15, -0.1) is 0 Å². The van der Waals surface area contributed by atoms with Gasteiger partial charge in [-0.2, -0.15) is 0 Å². The number of carbonyl (C=O) groups excluding carboxylic acids is 1. The van der Waals surface area contributed by atoms with Gasteiger partial charge in [0.05, 0.1) is 24.6 Å². The second-order valence-corrected chi connectivity index (χ2v) is 8.29. The highest BCUT2D eigenvalue weighted by atomic mass is 127. The molecular formula is C19H24ClINO2+. The summed E-state index contributed by atoms with van der Waals surface area (Å²) in [7, 11) is 3.76. The summed E-state index contributed by atoms with van der Waals surface area (Å²) in [6.45, 7) is 4.33. The van der Waals surface area contributed by atoms with Gasteiger partial charge < -0.3 is 4.74 Å². The zero-order chi connectivity index (χ0) is 17.5. The lowest BCUT2D eigenvalue weighted by Gasteiger charge is -2.50. The fourth-order valence-corrected chi connectivity index (χ4v) is 5.72. The van der Waals surface area contributed by atoms with Crippen molar-refractivity contribution in [2.75, 3.05) is 18.6 Å². The number of fused-ring (bicyclic) bond motifs is 2. The van der Waals surface area contributed by atoms with Gasteiger partial charge in [0.25, 0.3) is 0 Å². The lowest BCUT2D eigenvalue weighted by atomic mass is 9.74. The van der Waals surface area contributed by atoms with E-state index in [1.165, 1.54) is 18.4 Å². The Kier molecular flexibility index (Phi) is 5.28. The first-order chi connectivity index (χ1) is 11.4. The predicted molar refractivity (Wildman–Crippen MR) is 105 cm³/mol. The average Bonchev–Trinajstić information content (AvgIpc) is 2.80. The molecule has 0 aromatic heterocycles.